The monoisotopic (exact) mass is 216 g/mol. The summed E-state index contributed by atoms with van der Waals surface area (Å²) < 4.78 is 0. The molecule has 2 rings (SSSR count). The summed E-state index contributed by atoms with van der Waals surface area (Å²) in [6, 6.07) is 9.44. The Morgan fingerprint density at radius 1 is 1.31 bits per heavy atom. The van der Waals surface area contributed by atoms with Gasteiger partial charge in [-0.05, 0) is 18.6 Å². The highest BCUT2D eigenvalue weighted by molar-refractivity contribution is 5.94. The van der Waals surface area contributed by atoms with Gasteiger partial charge in [-0.25, -0.2) is 0 Å². The van der Waals surface area contributed by atoms with E-state index in [0.717, 1.165) is 11.1 Å². The van der Waals surface area contributed by atoms with E-state index in [9.17, 15) is 9.90 Å². The molecule has 0 saturated heterocycles. The van der Waals surface area contributed by atoms with Crippen LogP contribution in [0.1, 0.15) is 25.8 Å². The van der Waals surface area contributed by atoms with Crippen molar-refractivity contribution in [1.29, 1.82) is 0 Å². The van der Waals surface area contributed by atoms with Crippen LogP contribution < -0.4 is 0 Å². The summed E-state index contributed by atoms with van der Waals surface area (Å²) in [6.45, 7) is 3.68. The fraction of sp³-hybridized carbons (Fsp3) is 0.357. The number of carbonyl (C=O) groups excluding carboxylic acids is 1. The first-order valence-electron chi connectivity index (χ1n) is 5.53. The summed E-state index contributed by atoms with van der Waals surface area (Å²) in [5.74, 6) is -0.367. The van der Waals surface area contributed by atoms with Gasteiger partial charge in [0.2, 0.25) is 0 Å². The predicted molar refractivity (Wildman–Crippen MR) is 62.9 cm³/mol. The molecule has 0 bridgehead atoms. The molecule has 1 N–H and O–H groups in total. The number of hydrogen-bond donors (Lipinski definition) is 1. The van der Waals surface area contributed by atoms with Crippen molar-refractivity contribution in [2.24, 2.45) is 5.92 Å². The van der Waals surface area contributed by atoms with Crippen molar-refractivity contribution in [2.75, 3.05) is 0 Å². The molecule has 0 aromatic heterocycles. The zero-order valence-corrected chi connectivity index (χ0v) is 9.60. The standard InChI is InChI=1S/C14H16O2/c1-10-8-13(15)11(2)14(16,9-10)12-6-4-3-5-7-12/h3-8,11,16H,9H2,1-2H3. The van der Waals surface area contributed by atoms with Gasteiger partial charge in [-0.1, -0.05) is 42.8 Å². The minimum Gasteiger partial charge on any atom is -0.384 e. The fourth-order valence-corrected chi connectivity index (χ4v) is 2.31. The van der Waals surface area contributed by atoms with Gasteiger partial charge < -0.3 is 5.11 Å². The summed E-state index contributed by atoms with van der Waals surface area (Å²) in [6.07, 6.45) is 2.17. The van der Waals surface area contributed by atoms with E-state index in [2.05, 4.69) is 0 Å². The maximum atomic E-state index is 11.8. The van der Waals surface area contributed by atoms with Crippen molar-refractivity contribution < 1.29 is 9.90 Å². The molecule has 0 amide bonds. The van der Waals surface area contributed by atoms with Crippen LogP contribution >= 0.6 is 0 Å². The third-order valence-corrected chi connectivity index (χ3v) is 3.35. The van der Waals surface area contributed by atoms with Gasteiger partial charge in [0, 0.05) is 6.42 Å². The van der Waals surface area contributed by atoms with Crippen molar-refractivity contribution in [3.8, 4) is 0 Å². The van der Waals surface area contributed by atoms with E-state index in [4.69, 9.17) is 0 Å². The van der Waals surface area contributed by atoms with Crippen LogP contribution in [0.5, 0.6) is 0 Å². The summed E-state index contributed by atoms with van der Waals surface area (Å²) in [4.78, 5) is 11.8. The Kier molecular flexibility index (Phi) is 2.68. The van der Waals surface area contributed by atoms with Crippen LogP contribution in [0.2, 0.25) is 0 Å². The van der Waals surface area contributed by atoms with Crippen molar-refractivity contribution >= 4 is 5.78 Å². The number of ketones is 1. The van der Waals surface area contributed by atoms with E-state index in [1.165, 1.54) is 0 Å². The van der Waals surface area contributed by atoms with Crippen LogP contribution in [0, 0.1) is 5.92 Å². The Hall–Kier alpha value is -1.41. The summed E-state index contributed by atoms with van der Waals surface area (Å²) >= 11 is 0. The number of benzene rings is 1. The van der Waals surface area contributed by atoms with E-state index in [1.807, 2.05) is 37.3 Å². The van der Waals surface area contributed by atoms with Crippen molar-refractivity contribution in [2.45, 2.75) is 25.9 Å². The summed E-state index contributed by atoms with van der Waals surface area (Å²) in [5, 5.41) is 10.7. The number of aliphatic hydroxyl groups is 1. The molecule has 16 heavy (non-hydrogen) atoms. The third kappa shape index (κ3) is 1.69. The summed E-state index contributed by atoms with van der Waals surface area (Å²) in [5.41, 5.74) is 0.717. The van der Waals surface area contributed by atoms with Gasteiger partial charge in [-0.2, -0.15) is 0 Å². The zero-order chi connectivity index (χ0) is 11.8. The second-order valence-electron chi connectivity index (χ2n) is 4.58. The van der Waals surface area contributed by atoms with Crippen molar-refractivity contribution in [1.82, 2.24) is 0 Å². The lowest BCUT2D eigenvalue weighted by molar-refractivity contribution is -0.128. The highest BCUT2D eigenvalue weighted by Crippen LogP contribution is 2.39. The third-order valence-electron chi connectivity index (χ3n) is 3.35. The largest absolute Gasteiger partial charge is 0.384 e. The van der Waals surface area contributed by atoms with Gasteiger partial charge in [0.1, 0.15) is 5.60 Å². The molecule has 2 heteroatoms. The number of allylic oxidation sites excluding steroid dienone is 1. The SMILES string of the molecule is CC1=CC(=O)C(C)C(O)(c2ccccc2)C1. The van der Waals surface area contributed by atoms with Crippen molar-refractivity contribution in [3.63, 3.8) is 0 Å². The number of carbonyl (C=O) groups is 1. The Morgan fingerprint density at radius 3 is 2.56 bits per heavy atom. The molecule has 0 fully saturated rings. The lowest BCUT2D eigenvalue weighted by atomic mass is 9.72. The van der Waals surface area contributed by atoms with Gasteiger partial charge in [-0.3, -0.25) is 4.79 Å². The normalized spacial score (nSPS) is 30.1. The maximum absolute atomic E-state index is 11.8. The van der Waals surface area contributed by atoms with Crippen LogP contribution in [0.15, 0.2) is 42.0 Å². The molecular formula is C14H16O2. The number of hydrogen-bond acceptors (Lipinski definition) is 2. The zero-order valence-electron chi connectivity index (χ0n) is 9.60. The van der Waals surface area contributed by atoms with E-state index in [1.54, 1.807) is 13.0 Å². The first-order chi connectivity index (χ1) is 7.54. The highest BCUT2D eigenvalue weighted by Gasteiger charge is 2.41. The van der Waals surface area contributed by atoms with Crippen LogP contribution in [0.3, 0.4) is 0 Å². The maximum Gasteiger partial charge on any atom is 0.161 e. The second kappa shape index (κ2) is 3.87. The van der Waals surface area contributed by atoms with Crippen LogP contribution in [0.25, 0.3) is 0 Å². The Labute approximate surface area is 95.6 Å². The van der Waals surface area contributed by atoms with Gasteiger partial charge >= 0.3 is 0 Å². The highest BCUT2D eigenvalue weighted by atomic mass is 16.3. The molecule has 84 valence electrons. The molecule has 1 aliphatic rings. The van der Waals surface area contributed by atoms with E-state index < -0.39 is 5.60 Å². The Balaban J connectivity index is 2.46. The molecular weight excluding hydrogens is 200 g/mol. The van der Waals surface area contributed by atoms with Gasteiger partial charge in [0.05, 0.1) is 5.92 Å². The van der Waals surface area contributed by atoms with E-state index >= 15 is 0 Å². The molecule has 1 aliphatic carbocycles. The first-order valence-corrected chi connectivity index (χ1v) is 5.53. The first kappa shape index (κ1) is 11.1. The number of rotatable bonds is 1. The molecule has 0 aliphatic heterocycles. The molecule has 1 aromatic rings. The molecule has 0 heterocycles. The van der Waals surface area contributed by atoms with Crippen molar-refractivity contribution in [3.05, 3.63) is 47.5 Å². The molecule has 2 atom stereocenters. The van der Waals surface area contributed by atoms with Gasteiger partial charge in [-0.15, -0.1) is 0 Å². The Morgan fingerprint density at radius 2 is 1.94 bits per heavy atom. The topological polar surface area (TPSA) is 37.3 Å². The fourth-order valence-electron chi connectivity index (χ4n) is 2.31. The molecule has 1 aromatic carbocycles. The van der Waals surface area contributed by atoms with Crippen LogP contribution in [0.4, 0.5) is 0 Å². The molecule has 0 saturated carbocycles. The minimum atomic E-state index is -1.04. The predicted octanol–water partition coefficient (Wildman–Crippen LogP) is 2.43. The quantitative estimate of drug-likeness (QED) is 0.782. The lowest BCUT2D eigenvalue weighted by Crippen LogP contribution is -2.40. The van der Waals surface area contributed by atoms with Crippen LogP contribution in [-0.2, 0) is 10.4 Å². The molecule has 0 radical (unpaired) electrons. The average molecular weight is 216 g/mol. The Bertz CT molecular complexity index is 433. The van der Waals surface area contributed by atoms with Gasteiger partial charge in [0.15, 0.2) is 5.78 Å². The van der Waals surface area contributed by atoms with Crippen LogP contribution in [-0.4, -0.2) is 10.9 Å². The molecule has 2 nitrogen and oxygen atoms in total. The van der Waals surface area contributed by atoms with Gasteiger partial charge in [0.25, 0.3) is 0 Å². The molecule has 2 unspecified atom stereocenters. The summed E-state index contributed by atoms with van der Waals surface area (Å²) in [7, 11) is 0. The molecule has 0 spiro atoms. The lowest BCUT2D eigenvalue weighted by Gasteiger charge is -2.36. The van der Waals surface area contributed by atoms with E-state index in [-0.39, 0.29) is 11.7 Å². The average Bonchev–Trinajstić information content (AvgIpc) is 2.27. The second-order valence-corrected chi connectivity index (χ2v) is 4.58. The van der Waals surface area contributed by atoms with E-state index in [0.29, 0.717) is 6.42 Å². The smallest absolute Gasteiger partial charge is 0.161 e. The minimum absolute atomic E-state index is 0.00935.